The number of benzene rings is 2. The van der Waals surface area contributed by atoms with Crippen LogP contribution in [-0.4, -0.2) is 82.2 Å². The molecule has 0 amide bonds. The summed E-state index contributed by atoms with van der Waals surface area (Å²) in [6, 6.07) is 17.2. The van der Waals surface area contributed by atoms with Crippen molar-refractivity contribution >= 4 is 32.1 Å². The van der Waals surface area contributed by atoms with Gasteiger partial charge in [0.1, 0.15) is 17.6 Å². The zero-order valence-electron chi connectivity index (χ0n) is 21.2. The van der Waals surface area contributed by atoms with Crippen molar-refractivity contribution in [3.63, 3.8) is 0 Å². The molecule has 2 heterocycles. The second-order valence-electron chi connectivity index (χ2n) is 9.08. The van der Waals surface area contributed by atoms with E-state index in [2.05, 4.69) is 21.0 Å². The largest absolute Gasteiger partial charge is 0.456 e. The molecule has 4 N–H and O–H groups in total. The molecule has 0 bridgehead atoms. The fourth-order valence-corrected chi connectivity index (χ4v) is 5.37. The molecule has 4 rings (SSSR count). The second kappa shape index (κ2) is 12.5. The number of allylic oxidation sites excluding steroid dienone is 2. The van der Waals surface area contributed by atoms with Crippen molar-refractivity contribution < 1.29 is 27.8 Å². The van der Waals surface area contributed by atoms with Crippen LogP contribution in [0, 0.1) is 11.3 Å². The van der Waals surface area contributed by atoms with Gasteiger partial charge in [0.2, 0.25) is 0 Å². The highest BCUT2D eigenvalue weighted by atomic mass is 32.2. The Labute approximate surface area is 222 Å². The van der Waals surface area contributed by atoms with E-state index in [-0.39, 0.29) is 11.3 Å². The summed E-state index contributed by atoms with van der Waals surface area (Å²) >= 11 is 0. The molecule has 0 spiro atoms. The zero-order chi connectivity index (χ0) is 27.1. The smallest absolute Gasteiger partial charge is 0.251 e. The molecule has 1 saturated heterocycles. The highest BCUT2D eigenvalue weighted by Gasteiger charge is 2.23. The topological polar surface area (TPSA) is 148 Å². The summed E-state index contributed by atoms with van der Waals surface area (Å²) < 4.78 is 38.6. The summed E-state index contributed by atoms with van der Waals surface area (Å²) in [6.07, 6.45) is -1.27. The molecule has 0 radical (unpaired) electrons. The van der Waals surface area contributed by atoms with Crippen LogP contribution in [0.25, 0.3) is 27.7 Å². The normalized spacial score (nSPS) is 16.2. The number of hydrogen-bond donors (Lipinski definition) is 4. The molecule has 1 aliphatic heterocycles. The van der Waals surface area contributed by atoms with Crippen molar-refractivity contribution in [2.24, 2.45) is 0 Å². The molecule has 38 heavy (non-hydrogen) atoms. The first kappa shape index (κ1) is 27.8. The number of aliphatic hydroxyl groups excluding tert-OH is 2. The first-order valence-electron chi connectivity index (χ1n) is 12.4. The second-order valence-corrected chi connectivity index (χ2v) is 10.8. The van der Waals surface area contributed by atoms with E-state index in [9.17, 15) is 18.8 Å². The Bertz CT molecular complexity index is 1440. The number of rotatable bonds is 11. The number of nitrogens with zero attached hydrogens (tertiary/aromatic N) is 2. The van der Waals surface area contributed by atoms with Gasteiger partial charge in [0, 0.05) is 49.5 Å². The van der Waals surface area contributed by atoms with Crippen LogP contribution in [-0.2, 0) is 14.8 Å². The van der Waals surface area contributed by atoms with Crippen molar-refractivity contribution in [2.75, 3.05) is 57.9 Å². The Hall–Kier alpha value is -3.24. The lowest BCUT2D eigenvalue weighted by atomic mass is 10.0. The predicted octanol–water partition coefficient (Wildman–Crippen LogP) is 2.37. The number of ether oxygens (including phenoxy) is 1. The molecule has 1 fully saturated rings. The van der Waals surface area contributed by atoms with Crippen LogP contribution < -0.4 is 10.0 Å². The number of nitrogens with one attached hydrogen (secondary N) is 2. The monoisotopic (exact) mass is 540 g/mol. The van der Waals surface area contributed by atoms with E-state index < -0.39 is 34.2 Å². The van der Waals surface area contributed by atoms with Crippen LogP contribution in [0.1, 0.15) is 12.7 Å². The van der Waals surface area contributed by atoms with Crippen molar-refractivity contribution in [3.8, 4) is 17.4 Å². The van der Waals surface area contributed by atoms with Gasteiger partial charge in [-0.25, -0.2) is 13.1 Å². The SMILES string of the molecule is C/C(=C(/C#N)S(=O)(=O)NCC(O)CO)c1ccc(-c2ccc3cc(NCCN4CCOCC4)ccc3c2)o1. The maximum absolute atomic E-state index is 12.6. The summed E-state index contributed by atoms with van der Waals surface area (Å²) in [6.45, 7) is 5.78. The average Bonchev–Trinajstić information content (AvgIpc) is 3.43. The van der Waals surface area contributed by atoms with Crippen LogP contribution in [0.2, 0.25) is 0 Å². The van der Waals surface area contributed by atoms with Gasteiger partial charge >= 0.3 is 0 Å². The average molecular weight is 541 g/mol. The number of sulfonamides is 1. The lowest BCUT2D eigenvalue weighted by Crippen LogP contribution is -2.38. The fourth-order valence-electron chi connectivity index (χ4n) is 4.19. The summed E-state index contributed by atoms with van der Waals surface area (Å²) in [5.74, 6) is 0.775. The highest BCUT2D eigenvalue weighted by molar-refractivity contribution is 7.93. The quantitative estimate of drug-likeness (QED) is 0.269. The number of fused-ring (bicyclic) bond motifs is 1. The number of hydrogen-bond acceptors (Lipinski definition) is 9. The van der Waals surface area contributed by atoms with E-state index in [4.69, 9.17) is 14.3 Å². The third kappa shape index (κ3) is 6.79. The van der Waals surface area contributed by atoms with Gasteiger partial charge in [-0.3, -0.25) is 4.90 Å². The Morgan fingerprint density at radius 2 is 1.87 bits per heavy atom. The minimum absolute atomic E-state index is 0.137. The van der Waals surface area contributed by atoms with Crippen molar-refractivity contribution in [3.05, 3.63) is 59.2 Å². The van der Waals surface area contributed by atoms with Crippen molar-refractivity contribution in [1.29, 1.82) is 5.26 Å². The Kier molecular flexibility index (Phi) is 9.17. The fraction of sp³-hybridized carbons (Fsp3) is 0.370. The Morgan fingerprint density at radius 1 is 1.13 bits per heavy atom. The van der Waals surface area contributed by atoms with E-state index in [0.29, 0.717) is 5.76 Å². The van der Waals surface area contributed by atoms with Gasteiger partial charge in [-0.05, 0) is 48.0 Å². The highest BCUT2D eigenvalue weighted by Crippen LogP contribution is 2.31. The molecule has 0 aliphatic carbocycles. The third-order valence-corrected chi connectivity index (χ3v) is 7.87. The first-order chi connectivity index (χ1) is 18.3. The number of anilines is 1. The molecule has 1 atom stereocenters. The standard InChI is InChI=1S/C27H32N4O6S/c1-19(27(16-28)38(34,35)30-17-24(33)18-32)25-6-7-26(37-25)22-3-2-21-15-23(5-4-20(21)14-22)29-8-9-31-10-12-36-13-11-31/h2-7,14-15,24,29-30,32-33H,8-13,17-18H2,1H3/b27-19+. The molecular weight excluding hydrogens is 508 g/mol. The van der Waals surface area contributed by atoms with Crippen LogP contribution in [0.15, 0.2) is 57.9 Å². The molecule has 1 aromatic heterocycles. The molecular formula is C27H32N4O6S. The van der Waals surface area contributed by atoms with Crippen molar-refractivity contribution in [1.82, 2.24) is 9.62 Å². The van der Waals surface area contributed by atoms with Crippen LogP contribution in [0.4, 0.5) is 5.69 Å². The summed E-state index contributed by atoms with van der Waals surface area (Å²) in [5, 5.41) is 33.4. The maximum atomic E-state index is 12.6. The van der Waals surface area contributed by atoms with Gasteiger partial charge in [-0.1, -0.05) is 18.2 Å². The number of aliphatic hydroxyl groups is 2. The van der Waals surface area contributed by atoms with E-state index in [1.54, 1.807) is 18.2 Å². The van der Waals surface area contributed by atoms with Gasteiger partial charge in [-0.2, -0.15) is 5.26 Å². The molecule has 0 saturated carbocycles. The van der Waals surface area contributed by atoms with Crippen LogP contribution in [0.5, 0.6) is 0 Å². The molecule has 1 unspecified atom stereocenters. The number of furan rings is 1. The third-order valence-electron chi connectivity index (χ3n) is 6.39. The summed E-state index contributed by atoms with van der Waals surface area (Å²) in [7, 11) is -4.20. The summed E-state index contributed by atoms with van der Waals surface area (Å²) in [4.78, 5) is 1.86. The van der Waals surface area contributed by atoms with E-state index in [1.807, 2.05) is 30.3 Å². The number of morpholine rings is 1. The Morgan fingerprint density at radius 3 is 2.61 bits per heavy atom. The van der Waals surface area contributed by atoms with Gasteiger partial charge in [-0.15, -0.1) is 0 Å². The van der Waals surface area contributed by atoms with Crippen LogP contribution >= 0.6 is 0 Å². The van der Waals surface area contributed by atoms with Gasteiger partial charge in [0.05, 0.1) is 25.9 Å². The summed E-state index contributed by atoms with van der Waals surface area (Å²) in [5.41, 5.74) is 2.00. The van der Waals surface area contributed by atoms with Gasteiger partial charge in [0.25, 0.3) is 10.0 Å². The lowest BCUT2D eigenvalue weighted by molar-refractivity contribution is 0.0398. The van der Waals surface area contributed by atoms with Crippen molar-refractivity contribution in [2.45, 2.75) is 13.0 Å². The predicted molar refractivity (Wildman–Crippen MR) is 146 cm³/mol. The lowest BCUT2D eigenvalue weighted by Gasteiger charge is -2.26. The van der Waals surface area contributed by atoms with E-state index >= 15 is 0 Å². The van der Waals surface area contributed by atoms with Gasteiger partial charge < -0.3 is 24.7 Å². The van der Waals surface area contributed by atoms with E-state index in [1.165, 1.54) is 6.92 Å². The minimum atomic E-state index is -4.20. The molecule has 3 aromatic rings. The molecule has 202 valence electrons. The molecule has 11 heteroatoms. The Balaban J connectivity index is 1.47. The van der Waals surface area contributed by atoms with Crippen LogP contribution in [0.3, 0.4) is 0 Å². The molecule has 1 aliphatic rings. The molecule has 2 aromatic carbocycles. The zero-order valence-corrected chi connectivity index (χ0v) is 22.0. The first-order valence-corrected chi connectivity index (χ1v) is 13.9. The minimum Gasteiger partial charge on any atom is -0.456 e. The van der Waals surface area contributed by atoms with E-state index in [0.717, 1.165) is 61.4 Å². The number of nitriles is 1. The van der Waals surface area contributed by atoms with Gasteiger partial charge in [0.15, 0.2) is 4.91 Å². The molecule has 10 nitrogen and oxygen atoms in total. The maximum Gasteiger partial charge on any atom is 0.251 e.